The Morgan fingerprint density at radius 1 is 1.00 bits per heavy atom. The van der Waals surface area contributed by atoms with E-state index < -0.39 is 0 Å². The van der Waals surface area contributed by atoms with Gasteiger partial charge in [0.2, 0.25) is 0 Å². The number of aryl methyl sites for hydroxylation is 1. The summed E-state index contributed by atoms with van der Waals surface area (Å²) < 4.78 is 0. The van der Waals surface area contributed by atoms with E-state index in [0.29, 0.717) is 0 Å². The number of rotatable bonds is 2. The molecule has 0 spiro atoms. The first kappa shape index (κ1) is 11.7. The summed E-state index contributed by atoms with van der Waals surface area (Å²) in [5.74, 6) is 0. The Morgan fingerprint density at radius 3 is 2.06 bits per heavy atom. The largest absolute Gasteiger partial charge is 0.330 e. The van der Waals surface area contributed by atoms with Gasteiger partial charge in [-0.25, -0.2) is 0 Å². The van der Waals surface area contributed by atoms with E-state index in [-0.39, 0.29) is 5.41 Å². The van der Waals surface area contributed by atoms with Crippen molar-refractivity contribution in [3.63, 3.8) is 0 Å². The summed E-state index contributed by atoms with van der Waals surface area (Å²) in [7, 11) is 0. The van der Waals surface area contributed by atoms with Gasteiger partial charge in [0.25, 0.3) is 0 Å². The lowest BCUT2D eigenvalue weighted by Gasteiger charge is -2.32. The van der Waals surface area contributed by atoms with E-state index in [4.69, 9.17) is 5.73 Å². The lowest BCUT2D eigenvalue weighted by molar-refractivity contribution is 0.381. The SMILES string of the molecule is Cc1ccc(C2(CN)CCCCCC2)cc1. The summed E-state index contributed by atoms with van der Waals surface area (Å²) in [4.78, 5) is 0. The Hall–Kier alpha value is -0.820. The van der Waals surface area contributed by atoms with Crippen LogP contribution in [0.4, 0.5) is 0 Å². The smallest absolute Gasteiger partial charge is 0.00755 e. The van der Waals surface area contributed by atoms with Gasteiger partial charge in [0, 0.05) is 12.0 Å². The lowest BCUT2D eigenvalue weighted by atomic mass is 9.74. The van der Waals surface area contributed by atoms with Crippen LogP contribution in [0.5, 0.6) is 0 Å². The summed E-state index contributed by atoms with van der Waals surface area (Å²) in [6.45, 7) is 2.95. The molecule has 0 atom stereocenters. The minimum Gasteiger partial charge on any atom is -0.330 e. The molecule has 0 saturated heterocycles. The molecule has 1 heteroatoms. The molecule has 88 valence electrons. The normalized spacial score (nSPS) is 20.4. The van der Waals surface area contributed by atoms with Gasteiger partial charge in [0.1, 0.15) is 0 Å². The van der Waals surface area contributed by atoms with E-state index in [1.807, 2.05) is 0 Å². The highest BCUT2D eigenvalue weighted by atomic mass is 14.6. The zero-order valence-electron chi connectivity index (χ0n) is 10.3. The predicted molar refractivity (Wildman–Crippen MR) is 69.6 cm³/mol. The van der Waals surface area contributed by atoms with Crippen LogP contribution in [0.25, 0.3) is 0 Å². The molecule has 2 rings (SSSR count). The van der Waals surface area contributed by atoms with E-state index in [0.717, 1.165) is 6.54 Å². The van der Waals surface area contributed by atoms with Crippen molar-refractivity contribution in [2.24, 2.45) is 5.73 Å². The van der Waals surface area contributed by atoms with E-state index in [9.17, 15) is 0 Å². The first-order valence-electron chi connectivity index (χ1n) is 6.54. The minimum atomic E-state index is 0.268. The van der Waals surface area contributed by atoms with Crippen LogP contribution in [0.1, 0.15) is 49.7 Å². The maximum atomic E-state index is 6.08. The fourth-order valence-electron chi connectivity index (χ4n) is 2.92. The molecule has 1 aromatic rings. The molecule has 1 aliphatic rings. The van der Waals surface area contributed by atoms with Crippen LogP contribution in [0.3, 0.4) is 0 Å². The quantitative estimate of drug-likeness (QED) is 0.753. The van der Waals surface area contributed by atoms with E-state index in [1.165, 1.54) is 49.7 Å². The topological polar surface area (TPSA) is 26.0 Å². The maximum absolute atomic E-state index is 6.08. The van der Waals surface area contributed by atoms with Crippen molar-refractivity contribution in [3.8, 4) is 0 Å². The van der Waals surface area contributed by atoms with Gasteiger partial charge in [-0.2, -0.15) is 0 Å². The maximum Gasteiger partial charge on any atom is 0.00755 e. The zero-order chi connectivity index (χ0) is 11.4. The van der Waals surface area contributed by atoms with Crippen LogP contribution < -0.4 is 5.73 Å². The average Bonchev–Trinajstić information content (AvgIpc) is 2.56. The highest BCUT2D eigenvalue weighted by molar-refractivity contribution is 5.29. The summed E-state index contributed by atoms with van der Waals surface area (Å²) >= 11 is 0. The second-order valence-corrected chi connectivity index (χ2v) is 5.26. The molecule has 0 radical (unpaired) electrons. The van der Waals surface area contributed by atoms with Crippen molar-refractivity contribution in [3.05, 3.63) is 35.4 Å². The molecule has 1 aliphatic carbocycles. The van der Waals surface area contributed by atoms with Crippen LogP contribution in [0.2, 0.25) is 0 Å². The highest BCUT2D eigenvalue weighted by Crippen LogP contribution is 2.37. The lowest BCUT2D eigenvalue weighted by Crippen LogP contribution is -2.34. The monoisotopic (exact) mass is 217 g/mol. The molecule has 0 bridgehead atoms. The van der Waals surface area contributed by atoms with E-state index in [1.54, 1.807) is 0 Å². The van der Waals surface area contributed by atoms with Gasteiger partial charge < -0.3 is 5.73 Å². The second kappa shape index (κ2) is 5.01. The van der Waals surface area contributed by atoms with Crippen LogP contribution in [-0.2, 0) is 5.41 Å². The van der Waals surface area contributed by atoms with Crippen molar-refractivity contribution in [2.45, 2.75) is 50.9 Å². The van der Waals surface area contributed by atoms with E-state index in [2.05, 4.69) is 31.2 Å². The second-order valence-electron chi connectivity index (χ2n) is 5.26. The van der Waals surface area contributed by atoms with Crippen molar-refractivity contribution < 1.29 is 0 Å². The van der Waals surface area contributed by atoms with Gasteiger partial charge in [-0.3, -0.25) is 0 Å². The summed E-state index contributed by atoms with van der Waals surface area (Å²) in [5.41, 5.74) is 9.14. The molecular formula is C15H23N. The molecule has 0 aliphatic heterocycles. The number of hydrogen-bond donors (Lipinski definition) is 1. The van der Waals surface area contributed by atoms with Crippen molar-refractivity contribution >= 4 is 0 Å². The van der Waals surface area contributed by atoms with Gasteiger partial charge in [0.15, 0.2) is 0 Å². The van der Waals surface area contributed by atoms with Crippen LogP contribution >= 0.6 is 0 Å². The third-order valence-electron chi connectivity index (χ3n) is 4.12. The first-order valence-corrected chi connectivity index (χ1v) is 6.54. The molecule has 0 aromatic heterocycles. The van der Waals surface area contributed by atoms with Crippen molar-refractivity contribution in [2.75, 3.05) is 6.54 Å². The van der Waals surface area contributed by atoms with Gasteiger partial charge >= 0.3 is 0 Å². The Morgan fingerprint density at radius 2 is 1.56 bits per heavy atom. The Kier molecular flexibility index (Phi) is 3.65. The van der Waals surface area contributed by atoms with Crippen LogP contribution in [0.15, 0.2) is 24.3 Å². The molecular weight excluding hydrogens is 194 g/mol. The fourth-order valence-corrected chi connectivity index (χ4v) is 2.92. The fraction of sp³-hybridized carbons (Fsp3) is 0.600. The molecule has 1 saturated carbocycles. The van der Waals surface area contributed by atoms with E-state index >= 15 is 0 Å². The molecule has 0 amide bonds. The zero-order valence-corrected chi connectivity index (χ0v) is 10.3. The molecule has 1 aromatic carbocycles. The van der Waals surface area contributed by atoms with Crippen molar-refractivity contribution in [1.82, 2.24) is 0 Å². The molecule has 0 unspecified atom stereocenters. The predicted octanol–water partition coefficient (Wildman–Crippen LogP) is 3.55. The number of hydrogen-bond acceptors (Lipinski definition) is 1. The van der Waals surface area contributed by atoms with Gasteiger partial charge in [0.05, 0.1) is 0 Å². The minimum absolute atomic E-state index is 0.268. The van der Waals surface area contributed by atoms with Gasteiger partial charge in [-0.15, -0.1) is 0 Å². The first-order chi connectivity index (χ1) is 7.77. The summed E-state index contributed by atoms with van der Waals surface area (Å²) in [5, 5.41) is 0. The Balaban J connectivity index is 2.28. The number of benzene rings is 1. The molecule has 16 heavy (non-hydrogen) atoms. The standard InChI is InChI=1S/C15H23N/c1-13-6-8-14(9-7-13)15(12-16)10-4-2-3-5-11-15/h6-9H,2-5,10-12,16H2,1H3. The summed E-state index contributed by atoms with van der Waals surface area (Å²) in [6, 6.07) is 9.01. The molecule has 1 fully saturated rings. The summed E-state index contributed by atoms with van der Waals surface area (Å²) in [6.07, 6.45) is 7.98. The number of nitrogens with two attached hydrogens (primary N) is 1. The third kappa shape index (κ3) is 2.30. The van der Waals surface area contributed by atoms with Crippen LogP contribution in [-0.4, -0.2) is 6.54 Å². The molecule has 2 N–H and O–H groups in total. The van der Waals surface area contributed by atoms with Gasteiger partial charge in [-0.05, 0) is 25.3 Å². The molecule has 1 nitrogen and oxygen atoms in total. The van der Waals surface area contributed by atoms with Gasteiger partial charge in [-0.1, -0.05) is 55.5 Å². The average molecular weight is 217 g/mol. The Labute approximate surface area is 99.0 Å². The highest BCUT2D eigenvalue weighted by Gasteiger charge is 2.31. The third-order valence-corrected chi connectivity index (χ3v) is 4.12. The molecule has 0 heterocycles. The van der Waals surface area contributed by atoms with Crippen LogP contribution in [0, 0.1) is 6.92 Å². The van der Waals surface area contributed by atoms with Crippen molar-refractivity contribution in [1.29, 1.82) is 0 Å². The Bertz CT molecular complexity index is 318.